The molecule has 1 N–H and O–H groups in total. The molecule has 3 heterocycles. The molecule has 1 aromatic carbocycles. The molecule has 2 amide bonds. The van der Waals surface area contributed by atoms with E-state index in [1.165, 1.54) is 0 Å². The van der Waals surface area contributed by atoms with Crippen molar-refractivity contribution in [1.82, 2.24) is 14.9 Å². The molecule has 1 fully saturated rings. The minimum atomic E-state index is -0.148. The molecule has 4 rings (SSSR count). The summed E-state index contributed by atoms with van der Waals surface area (Å²) in [6.07, 6.45) is 3.74. The number of hydrogen-bond acceptors (Lipinski definition) is 6. The predicted molar refractivity (Wildman–Crippen MR) is 132 cm³/mol. The van der Waals surface area contributed by atoms with Crippen molar-refractivity contribution in [1.29, 1.82) is 0 Å². The maximum atomic E-state index is 12.6. The lowest BCUT2D eigenvalue weighted by Crippen LogP contribution is -2.48. The summed E-state index contributed by atoms with van der Waals surface area (Å²) < 4.78 is 5.58. The van der Waals surface area contributed by atoms with Gasteiger partial charge < -0.3 is 19.9 Å². The largest absolute Gasteiger partial charge is 0.496 e. The Morgan fingerprint density at radius 3 is 2.47 bits per heavy atom. The Kier molecular flexibility index (Phi) is 7.06. The zero-order valence-electron chi connectivity index (χ0n) is 19.7. The molecule has 1 saturated heterocycles. The molecule has 3 aromatic rings. The number of amides is 2. The van der Waals surface area contributed by atoms with Crippen LogP contribution >= 0.6 is 0 Å². The lowest BCUT2D eigenvalue weighted by atomic mass is 10.0. The van der Waals surface area contributed by atoms with Gasteiger partial charge in [0.25, 0.3) is 0 Å². The standard InChI is InChI=1S/C26H29N5O3/c1-18-14-21(8-9-27-18)23-6-4-20(15-24(23)34-3)16-26(33)29-25-7-5-22(17-28-25)31-12-10-30(11-13-31)19(2)32/h4-9,14-15,17H,10-13,16H2,1-3H3,(H,28,29,33). The van der Waals surface area contributed by atoms with Crippen molar-refractivity contribution in [3.05, 3.63) is 66.1 Å². The highest BCUT2D eigenvalue weighted by molar-refractivity contribution is 5.91. The first-order chi connectivity index (χ1) is 16.4. The zero-order valence-corrected chi connectivity index (χ0v) is 19.7. The number of rotatable bonds is 6. The van der Waals surface area contributed by atoms with Crippen molar-refractivity contribution in [2.75, 3.05) is 43.5 Å². The smallest absolute Gasteiger partial charge is 0.229 e. The molecule has 0 atom stereocenters. The average Bonchev–Trinajstić information content (AvgIpc) is 2.84. The third-order valence-corrected chi connectivity index (χ3v) is 5.94. The quantitative estimate of drug-likeness (QED) is 0.609. The second-order valence-electron chi connectivity index (χ2n) is 8.34. The van der Waals surface area contributed by atoms with Gasteiger partial charge in [0.05, 0.1) is 25.4 Å². The number of benzene rings is 1. The summed E-state index contributed by atoms with van der Waals surface area (Å²) in [5.74, 6) is 1.18. The van der Waals surface area contributed by atoms with Gasteiger partial charge in [-0.2, -0.15) is 0 Å². The van der Waals surface area contributed by atoms with Gasteiger partial charge in [-0.15, -0.1) is 0 Å². The lowest BCUT2D eigenvalue weighted by Gasteiger charge is -2.35. The van der Waals surface area contributed by atoms with E-state index in [1.54, 1.807) is 32.5 Å². The number of nitrogens with one attached hydrogen (secondary N) is 1. The summed E-state index contributed by atoms with van der Waals surface area (Å²) in [6, 6.07) is 13.5. The third-order valence-electron chi connectivity index (χ3n) is 5.94. The molecule has 0 aliphatic carbocycles. The lowest BCUT2D eigenvalue weighted by molar-refractivity contribution is -0.129. The Balaban J connectivity index is 1.37. The minimum absolute atomic E-state index is 0.107. The summed E-state index contributed by atoms with van der Waals surface area (Å²) in [5.41, 5.74) is 4.74. The van der Waals surface area contributed by atoms with E-state index in [2.05, 4.69) is 20.2 Å². The fourth-order valence-corrected chi connectivity index (χ4v) is 4.10. The second-order valence-corrected chi connectivity index (χ2v) is 8.34. The van der Waals surface area contributed by atoms with Gasteiger partial charge in [0, 0.05) is 50.6 Å². The number of anilines is 2. The summed E-state index contributed by atoms with van der Waals surface area (Å²) in [4.78, 5) is 36.8. The van der Waals surface area contributed by atoms with Crippen LogP contribution in [0, 0.1) is 6.92 Å². The predicted octanol–water partition coefficient (Wildman–Crippen LogP) is 3.31. The zero-order chi connectivity index (χ0) is 24.1. The number of piperazine rings is 1. The Hall–Kier alpha value is -3.94. The minimum Gasteiger partial charge on any atom is -0.496 e. The third kappa shape index (κ3) is 5.51. The van der Waals surface area contributed by atoms with Gasteiger partial charge in [-0.25, -0.2) is 4.98 Å². The molecule has 0 unspecified atom stereocenters. The maximum Gasteiger partial charge on any atom is 0.229 e. The van der Waals surface area contributed by atoms with Gasteiger partial charge in [0.1, 0.15) is 11.6 Å². The van der Waals surface area contributed by atoms with E-state index >= 15 is 0 Å². The van der Waals surface area contributed by atoms with Crippen LogP contribution in [0.2, 0.25) is 0 Å². The fraction of sp³-hybridized carbons (Fsp3) is 0.308. The van der Waals surface area contributed by atoms with Crippen molar-refractivity contribution >= 4 is 23.3 Å². The second kappa shape index (κ2) is 10.3. The van der Waals surface area contributed by atoms with Crippen LogP contribution in [-0.2, 0) is 16.0 Å². The van der Waals surface area contributed by atoms with Crippen LogP contribution in [0.4, 0.5) is 11.5 Å². The Labute approximate surface area is 199 Å². The van der Waals surface area contributed by atoms with Gasteiger partial charge in [0.2, 0.25) is 11.8 Å². The molecule has 0 bridgehead atoms. The summed E-state index contributed by atoms with van der Waals surface area (Å²) in [7, 11) is 1.63. The molecule has 8 nitrogen and oxygen atoms in total. The number of aromatic nitrogens is 2. The Morgan fingerprint density at radius 2 is 1.82 bits per heavy atom. The van der Waals surface area contributed by atoms with Crippen molar-refractivity contribution < 1.29 is 14.3 Å². The van der Waals surface area contributed by atoms with Crippen molar-refractivity contribution in [2.24, 2.45) is 0 Å². The van der Waals surface area contributed by atoms with Crippen LogP contribution in [-0.4, -0.2) is 60.0 Å². The van der Waals surface area contributed by atoms with Crippen LogP contribution in [0.15, 0.2) is 54.9 Å². The van der Waals surface area contributed by atoms with Crippen LogP contribution in [0.25, 0.3) is 11.1 Å². The van der Waals surface area contributed by atoms with Gasteiger partial charge in [-0.05, 0) is 48.4 Å². The number of methoxy groups -OCH3 is 1. The van der Waals surface area contributed by atoms with Crippen LogP contribution < -0.4 is 15.0 Å². The highest BCUT2D eigenvalue weighted by atomic mass is 16.5. The Morgan fingerprint density at radius 1 is 1.03 bits per heavy atom. The molecule has 0 spiro atoms. The SMILES string of the molecule is COc1cc(CC(=O)Nc2ccc(N3CCN(C(C)=O)CC3)cn2)ccc1-c1ccnc(C)c1. The first-order valence-corrected chi connectivity index (χ1v) is 11.3. The van der Waals surface area contributed by atoms with E-state index in [-0.39, 0.29) is 18.2 Å². The summed E-state index contributed by atoms with van der Waals surface area (Å²) >= 11 is 0. The van der Waals surface area contributed by atoms with Crippen LogP contribution in [0.5, 0.6) is 5.75 Å². The first kappa shape index (κ1) is 23.2. The topological polar surface area (TPSA) is 87.7 Å². The van der Waals surface area contributed by atoms with Crippen LogP contribution in [0.1, 0.15) is 18.2 Å². The summed E-state index contributed by atoms with van der Waals surface area (Å²) in [6.45, 7) is 6.49. The number of carbonyl (C=O) groups excluding carboxylic acids is 2. The van der Waals surface area contributed by atoms with Gasteiger partial charge in [-0.1, -0.05) is 12.1 Å². The molecule has 0 saturated carbocycles. The number of pyridine rings is 2. The molecule has 0 radical (unpaired) electrons. The molecule has 176 valence electrons. The van der Waals surface area contributed by atoms with Gasteiger partial charge >= 0.3 is 0 Å². The molecular weight excluding hydrogens is 430 g/mol. The van der Waals surface area contributed by atoms with E-state index in [1.807, 2.05) is 48.2 Å². The molecule has 2 aromatic heterocycles. The van der Waals surface area contributed by atoms with Gasteiger partial charge in [0.15, 0.2) is 0 Å². The monoisotopic (exact) mass is 459 g/mol. The van der Waals surface area contributed by atoms with E-state index in [0.29, 0.717) is 24.7 Å². The number of aryl methyl sites for hydroxylation is 1. The number of hydrogen-bond donors (Lipinski definition) is 1. The van der Waals surface area contributed by atoms with Crippen molar-refractivity contribution in [2.45, 2.75) is 20.3 Å². The Bertz CT molecular complexity index is 1170. The average molecular weight is 460 g/mol. The van der Waals surface area contributed by atoms with E-state index in [4.69, 9.17) is 4.74 Å². The molecule has 1 aliphatic heterocycles. The maximum absolute atomic E-state index is 12.6. The summed E-state index contributed by atoms with van der Waals surface area (Å²) in [5, 5.41) is 2.86. The molecular formula is C26H29N5O3. The highest BCUT2D eigenvalue weighted by Crippen LogP contribution is 2.31. The number of nitrogens with zero attached hydrogens (tertiary/aromatic N) is 4. The molecule has 8 heteroatoms. The van der Waals surface area contributed by atoms with E-state index in [9.17, 15) is 9.59 Å². The number of ether oxygens (including phenoxy) is 1. The van der Waals surface area contributed by atoms with Gasteiger partial charge in [-0.3, -0.25) is 14.6 Å². The van der Waals surface area contributed by atoms with Crippen molar-refractivity contribution in [3.8, 4) is 16.9 Å². The molecule has 1 aliphatic rings. The normalized spacial score (nSPS) is 13.5. The molecule has 34 heavy (non-hydrogen) atoms. The number of carbonyl (C=O) groups is 2. The van der Waals surface area contributed by atoms with E-state index < -0.39 is 0 Å². The van der Waals surface area contributed by atoms with Crippen LogP contribution in [0.3, 0.4) is 0 Å². The van der Waals surface area contributed by atoms with E-state index in [0.717, 1.165) is 41.2 Å². The fourth-order valence-electron chi connectivity index (χ4n) is 4.10. The highest BCUT2D eigenvalue weighted by Gasteiger charge is 2.19. The van der Waals surface area contributed by atoms with Crippen molar-refractivity contribution in [3.63, 3.8) is 0 Å². The first-order valence-electron chi connectivity index (χ1n) is 11.3.